The topological polar surface area (TPSA) is 66.5 Å². The molecule has 1 amide bonds. The van der Waals surface area contributed by atoms with Crippen LogP contribution in [0.4, 0.5) is 5.82 Å². The molecule has 6 nitrogen and oxygen atoms in total. The number of amides is 1. The van der Waals surface area contributed by atoms with Gasteiger partial charge < -0.3 is 20.3 Å². The lowest BCUT2D eigenvalue weighted by molar-refractivity contribution is 0.102. The van der Waals surface area contributed by atoms with E-state index in [0.29, 0.717) is 11.4 Å². The third-order valence-corrected chi connectivity index (χ3v) is 6.54. The number of anilines is 1. The van der Waals surface area contributed by atoms with Crippen LogP contribution in [0.1, 0.15) is 42.6 Å². The van der Waals surface area contributed by atoms with Gasteiger partial charge in [0, 0.05) is 29.9 Å². The third-order valence-electron chi connectivity index (χ3n) is 6.54. The van der Waals surface area contributed by atoms with Gasteiger partial charge in [-0.2, -0.15) is 0 Å². The predicted octanol–water partition coefficient (Wildman–Crippen LogP) is 5.35. The van der Waals surface area contributed by atoms with Gasteiger partial charge in [-0.25, -0.2) is 4.98 Å². The average Bonchev–Trinajstić information content (AvgIpc) is 2.86. The number of hydrogen-bond donors (Lipinski definition) is 2. The quantitative estimate of drug-likeness (QED) is 0.496. The summed E-state index contributed by atoms with van der Waals surface area (Å²) in [5, 5.41) is 8.31. The molecule has 1 fully saturated rings. The molecule has 0 saturated carbocycles. The number of carbonyl (C=O) groups excluding carboxylic acids is 1. The van der Waals surface area contributed by atoms with Crippen molar-refractivity contribution in [2.45, 2.75) is 32.8 Å². The lowest BCUT2D eigenvalue weighted by atomic mass is 10.0. The number of nitrogens with one attached hydrogen (secondary N) is 2. The number of pyridine rings is 1. The predicted molar refractivity (Wildman–Crippen MR) is 140 cm³/mol. The highest BCUT2D eigenvalue weighted by molar-refractivity contribution is 6.04. The maximum absolute atomic E-state index is 13.0. The van der Waals surface area contributed by atoms with E-state index < -0.39 is 0 Å². The molecule has 35 heavy (non-hydrogen) atoms. The second-order valence-electron chi connectivity index (χ2n) is 9.16. The molecular formula is C29H30N4O2. The second-order valence-corrected chi connectivity index (χ2v) is 9.16. The van der Waals surface area contributed by atoms with E-state index in [1.165, 1.54) is 0 Å². The van der Waals surface area contributed by atoms with Gasteiger partial charge in [0.05, 0.1) is 5.70 Å². The summed E-state index contributed by atoms with van der Waals surface area (Å²) in [5.41, 5.74) is 8.30. The van der Waals surface area contributed by atoms with E-state index in [-0.39, 0.29) is 12.0 Å². The van der Waals surface area contributed by atoms with Crippen LogP contribution in [0.5, 0.6) is 5.75 Å². The molecular weight excluding hydrogens is 436 g/mol. The Labute approximate surface area is 206 Å². The first kappa shape index (κ1) is 22.9. The first-order valence-electron chi connectivity index (χ1n) is 12.0. The van der Waals surface area contributed by atoms with Gasteiger partial charge in [-0.05, 0) is 92.7 Å². The Morgan fingerprint density at radius 3 is 2.77 bits per heavy atom. The normalized spacial score (nSPS) is 16.4. The Hall–Kier alpha value is -3.86. The Kier molecular flexibility index (Phi) is 6.41. The second kappa shape index (κ2) is 9.79. The van der Waals surface area contributed by atoms with Gasteiger partial charge in [-0.3, -0.25) is 4.79 Å². The highest BCUT2D eigenvalue weighted by atomic mass is 16.5. The summed E-state index contributed by atoms with van der Waals surface area (Å²) in [6.07, 6.45) is 6.05. The number of allylic oxidation sites excluding steroid dienone is 2. The molecule has 0 bridgehead atoms. The fraction of sp³-hybridized carbons (Fsp3) is 0.276. The maximum Gasteiger partial charge on any atom is 0.256 e. The van der Waals surface area contributed by atoms with Gasteiger partial charge in [0.1, 0.15) is 17.7 Å². The number of ether oxygens (including phenoxy) is 1. The zero-order chi connectivity index (χ0) is 24.4. The highest BCUT2D eigenvalue weighted by Gasteiger charge is 2.16. The molecule has 2 aromatic carbocycles. The highest BCUT2D eigenvalue weighted by Crippen LogP contribution is 2.29. The van der Waals surface area contributed by atoms with E-state index >= 15 is 0 Å². The summed E-state index contributed by atoms with van der Waals surface area (Å²) < 4.78 is 6.10. The molecule has 6 heteroatoms. The summed E-state index contributed by atoms with van der Waals surface area (Å²) in [6.45, 7) is 6.03. The van der Waals surface area contributed by atoms with Crippen LogP contribution in [0.3, 0.4) is 0 Å². The fourth-order valence-corrected chi connectivity index (χ4v) is 4.54. The van der Waals surface area contributed by atoms with Crippen LogP contribution in [0.2, 0.25) is 0 Å². The number of fused-ring (bicyclic) bond motifs is 1. The minimum Gasteiger partial charge on any atom is -0.490 e. The van der Waals surface area contributed by atoms with Gasteiger partial charge in [0.2, 0.25) is 0 Å². The molecule has 2 aliphatic heterocycles. The van der Waals surface area contributed by atoms with E-state index in [4.69, 9.17) is 4.74 Å². The van der Waals surface area contributed by atoms with Crippen LogP contribution < -0.4 is 15.4 Å². The molecule has 0 unspecified atom stereocenters. The monoisotopic (exact) mass is 466 g/mol. The van der Waals surface area contributed by atoms with Gasteiger partial charge in [0.25, 0.3) is 5.91 Å². The van der Waals surface area contributed by atoms with Crippen molar-refractivity contribution in [2.75, 3.05) is 25.5 Å². The molecule has 0 radical (unpaired) electrons. The Morgan fingerprint density at radius 1 is 1.11 bits per heavy atom. The molecule has 0 spiro atoms. The van der Waals surface area contributed by atoms with Crippen molar-refractivity contribution in [3.63, 3.8) is 0 Å². The summed E-state index contributed by atoms with van der Waals surface area (Å²) >= 11 is 0. The van der Waals surface area contributed by atoms with Crippen LogP contribution in [-0.2, 0) is 0 Å². The first-order valence-corrected chi connectivity index (χ1v) is 12.0. The van der Waals surface area contributed by atoms with Crippen molar-refractivity contribution in [3.05, 3.63) is 88.9 Å². The van der Waals surface area contributed by atoms with Gasteiger partial charge in [0.15, 0.2) is 0 Å². The minimum atomic E-state index is -0.208. The zero-order valence-corrected chi connectivity index (χ0v) is 20.4. The van der Waals surface area contributed by atoms with E-state index in [0.717, 1.165) is 65.0 Å². The maximum atomic E-state index is 13.0. The van der Waals surface area contributed by atoms with Crippen molar-refractivity contribution in [1.82, 2.24) is 15.2 Å². The minimum absolute atomic E-state index is 0.183. The van der Waals surface area contributed by atoms with Crippen LogP contribution in [0, 0.1) is 0 Å². The van der Waals surface area contributed by atoms with Crippen LogP contribution in [-0.4, -0.2) is 42.0 Å². The Balaban J connectivity index is 1.34. The van der Waals surface area contributed by atoms with Crippen molar-refractivity contribution in [1.29, 1.82) is 0 Å². The Bertz CT molecular complexity index is 1380. The van der Waals surface area contributed by atoms with Crippen molar-refractivity contribution in [3.8, 4) is 5.75 Å². The lowest BCUT2D eigenvalue weighted by Crippen LogP contribution is -2.34. The van der Waals surface area contributed by atoms with Crippen LogP contribution in [0.25, 0.3) is 16.5 Å². The summed E-state index contributed by atoms with van der Waals surface area (Å²) in [4.78, 5) is 19.6. The van der Waals surface area contributed by atoms with Gasteiger partial charge in [-0.1, -0.05) is 23.9 Å². The molecule has 3 aromatic rings. The van der Waals surface area contributed by atoms with E-state index in [1.807, 2.05) is 25.2 Å². The zero-order valence-electron chi connectivity index (χ0n) is 20.4. The molecule has 1 saturated heterocycles. The van der Waals surface area contributed by atoms with E-state index in [2.05, 4.69) is 64.4 Å². The third kappa shape index (κ3) is 5.14. The first-order chi connectivity index (χ1) is 17.0. The van der Waals surface area contributed by atoms with Crippen molar-refractivity contribution >= 4 is 28.2 Å². The number of piperidine rings is 1. The Morgan fingerprint density at radius 2 is 1.94 bits per heavy atom. The summed E-state index contributed by atoms with van der Waals surface area (Å²) in [5.74, 6) is 1.03. The molecule has 0 atom stereocenters. The number of benzene rings is 2. The number of aromatic nitrogens is 1. The molecule has 0 aliphatic carbocycles. The van der Waals surface area contributed by atoms with E-state index in [9.17, 15) is 4.79 Å². The van der Waals surface area contributed by atoms with E-state index in [1.54, 1.807) is 18.3 Å². The van der Waals surface area contributed by atoms with Crippen LogP contribution in [0.15, 0.2) is 77.8 Å². The molecule has 1 aromatic heterocycles. The molecule has 2 aliphatic rings. The molecule has 178 valence electrons. The van der Waals surface area contributed by atoms with Gasteiger partial charge in [-0.15, -0.1) is 0 Å². The number of hydrogen-bond acceptors (Lipinski definition) is 5. The smallest absolute Gasteiger partial charge is 0.256 e. The average molecular weight is 467 g/mol. The standard InChI is InChI=1S/C29H30N4O2/c1-19-13-20(2)33(3)27(14-19)21-7-8-23-18-31-28(17-24(23)15-21)32-29(34)22-5-4-6-26(16-22)35-25-9-11-30-12-10-25/h4-8,14-18,25,30H,9-12H2,1-3H3,(H,31,32,34). The van der Waals surface area contributed by atoms with Crippen LogP contribution >= 0.6 is 0 Å². The van der Waals surface area contributed by atoms with Crippen molar-refractivity contribution < 1.29 is 9.53 Å². The number of nitrogens with zero attached hydrogens (tertiary/aromatic N) is 2. The molecule has 3 heterocycles. The molecule has 2 N–H and O–H groups in total. The summed E-state index contributed by atoms with van der Waals surface area (Å²) in [6, 6.07) is 15.6. The number of rotatable bonds is 5. The lowest BCUT2D eigenvalue weighted by Gasteiger charge is -2.25. The van der Waals surface area contributed by atoms with Gasteiger partial charge >= 0.3 is 0 Å². The fourth-order valence-electron chi connectivity index (χ4n) is 4.54. The number of carbonyl (C=O) groups is 1. The summed E-state index contributed by atoms with van der Waals surface area (Å²) in [7, 11) is 2.05. The SMILES string of the molecule is CC1=C=C(C)N(C)C(c2ccc3cnc(NC(=O)c4cccc(OC5CCNCC5)c4)cc3c2)=C1. The largest absolute Gasteiger partial charge is 0.490 e. The van der Waals surface area contributed by atoms with Crippen molar-refractivity contribution in [2.24, 2.45) is 0 Å². The molecule has 5 rings (SSSR count).